The van der Waals surface area contributed by atoms with Gasteiger partial charge in [-0.05, 0) is 25.0 Å². The number of carbonyl (C=O) groups is 2. The summed E-state index contributed by atoms with van der Waals surface area (Å²) in [5, 5.41) is 2.97. The quantitative estimate of drug-likeness (QED) is 0.869. The fourth-order valence-corrected chi connectivity index (χ4v) is 2.90. The van der Waals surface area contributed by atoms with Crippen LogP contribution in [-0.2, 0) is 16.1 Å². The Hall–Kier alpha value is -2.11. The van der Waals surface area contributed by atoms with Crippen LogP contribution in [0.5, 0.6) is 0 Å². The lowest BCUT2D eigenvalue weighted by molar-refractivity contribution is -0.154. The van der Waals surface area contributed by atoms with Crippen LogP contribution in [0.15, 0.2) is 18.2 Å². The fourth-order valence-electron chi connectivity index (χ4n) is 2.90. The number of fused-ring (bicyclic) bond motifs is 1. The molecule has 1 aromatic heterocycles. The third kappa shape index (κ3) is 2.21. The molecule has 1 aromatic rings. The highest BCUT2D eigenvalue weighted by atomic mass is 16.2. The minimum Gasteiger partial charge on any atom is -0.373 e. The molecule has 2 aliphatic rings. The summed E-state index contributed by atoms with van der Waals surface area (Å²) in [5.41, 5.74) is 0.796. The normalized spacial score (nSPS) is 22.1. The number of pyridine rings is 1. The predicted octanol–water partition coefficient (Wildman–Crippen LogP) is 0.456. The molecule has 2 aliphatic heterocycles. The van der Waals surface area contributed by atoms with E-state index in [-0.39, 0.29) is 24.4 Å². The second-order valence-electron chi connectivity index (χ2n) is 5.20. The van der Waals surface area contributed by atoms with Crippen molar-refractivity contribution in [3.8, 4) is 0 Å². The molecule has 0 aliphatic carbocycles. The van der Waals surface area contributed by atoms with Crippen LogP contribution in [0, 0.1) is 0 Å². The summed E-state index contributed by atoms with van der Waals surface area (Å²) in [4.78, 5) is 32.2. The summed E-state index contributed by atoms with van der Waals surface area (Å²) >= 11 is 0. The molecule has 2 fully saturated rings. The van der Waals surface area contributed by atoms with Crippen LogP contribution in [0.1, 0.15) is 18.5 Å². The number of aromatic nitrogens is 1. The zero-order chi connectivity index (χ0) is 14.1. The van der Waals surface area contributed by atoms with Crippen molar-refractivity contribution >= 4 is 17.6 Å². The summed E-state index contributed by atoms with van der Waals surface area (Å²) < 4.78 is 0. The Bertz CT molecular complexity index is 546. The third-order valence-corrected chi connectivity index (χ3v) is 3.91. The van der Waals surface area contributed by atoms with E-state index in [2.05, 4.69) is 10.3 Å². The minimum absolute atomic E-state index is 0.0527. The van der Waals surface area contributed by atoms with E-state index < -0.39 is 0 Å². The summed E-state index contributed by atoms with van der Waals surface area (Å²) in [7, 11) is 1.80. The first-order valence-corrected chi connectivity index (χ1v) is 6.91. The topological polar surface area (TPSA) is 65.5 Å². The van der Waals surface area contributed by atoms with Gasteiger partial charge >= 0.3 is 0 Å². The summed E-state index contributed by atoms with van der Waals surface area (Å²) in [6.45, 7) is 1.28. The Morgan fingerprint density at radius 3 is 3.05 bits per heavy atom. The molecule has 6 nitrogen and oxygen atoms in total. The zero-order valence-corrected chi connectivity index (χ0v) is 11.5. The Kier molecular flexibility index (Phi) is 3.30. The van der Waals surface area contributed by atoms with E-state index in [9.17, 15) is 9.59 Å². The number of nitrogens with one attached hydrogen (secondary N) is 1. The van der Waals surface area contributed by atoms with Crippen molar-refractivity contribution in [2.75, 3.05) is 25.5 Å². The second kappa shape index (κ2) is 5.11. The smallest absolute Gasteiger partial charge is 0.246 e. The maximum atomic E-state index is 12.4. The molecule has 2 amide bonds. The Morgan fingerprint density at radius 2 is 2.25 bits per heavy atom. The first-order chi connectivity index (χ1) is 9.69. The molecule has 3 rings (SSSR count). The Balaban J connectivity index is 1.76. The van der Waals surface area contributed by atoms with Crippen molar-refractivity contribution in [3.63, 3.8) is 0 Å². The molecule has 1 unspecified atom stereocenters. The summed E-state index contributed by atoms with van der Waals surface area (Å²) in [6.07, 6.45) is 1.70. The van der Waals surface area contributed by atoms with Crippen LogP contribution in [-0.4, -0.2) is 52.8 Å². The number of carbonyl (C=O) groups excluding carboxylic acids is 2. The molecule has 0 saturated carbocycles. The molecule has 0 spiro atoms. The standard InChI is InChI=1S/C14H18N4O2/c1-15-12-6-2-4-10(16-12)8-17-9-13(19)18-7-3-5-11(18)14(17)20/h2,4,6,11H,3,5,7-9H2,1H3,(H,15,16). The van der Waals surface area contributed by atoms with Gasteiger partial charge in [-0.25, -0.2) is 4.98 Å². The molecule has 0 bridgehead atoms. The van der Waals surface area contributed by atoms with Gasteiger partial charge in [0, 0.05) is 13.6 Å². The number of hydrogen-bond donors (Lipinski definition) is 1. The number of anilines is 1. The van der Waals surface area contributed by atoms with Gasteiger partial charge < -0.3 is 15.1 Å². The van der Waals surface area contributed by atoms with E-state index in [1.165, 1.54) is 0 Å². The molecule has 0 radical (unpaired) electrons. The lowest BCUT2D eigenvalue weighted by Crippen LogP contribution is -2.56. The zero-order valence-electron chi connectivity index (χ0n) is 11.5. The molecule has 1 atom stereocenters. The molecule has 106 valence electrons. The van der Waals surface area contributed by atoms with E-state index in [1.807, 2.05) is 18.2 Å². The van der Waals surface area contributed by atoms with Gasteiger partial charge in [-0.15, -0.1) is 0 Å². The van der Waals surface area contributed by atoms with E-state index >= 15 is 0 Å². The number of nitrogens with zero attached hydrogens (tertiary/aromatic N) is 3. The second-order valence-corrected chi connectivity index (χ2v) is 5.20. The molecule has 3 heterocycles. The van der Waals surface area contributed by atoms with Crippen molar-refractivity contribution in [1.82, 2.24) is 14.8 Å². The Labute approximate surface area is 117 Å². The van der Waals surface area contributed by atoms with Gasteiger partial charge in [0.15, 0.2) is 0 Å². The molecular weight excluding hydrogens is 256 g/mol. The van der Waals surface area contributed by atoms with Crippen LogP contribution in [0.3, 0.4) is 0 Å². The highest BCUT2D eigenvalue weighted by molar-refractivity contribution is 5.95. The monoisotopic (exact) mass is 274 g/mol. The molecule has 6 heteroatoms. The van der Waals surface area contributed by atoms with Crippen molar-refractivity contribution in [3.05, 3.63) is 23.9 Å². The molecule has 20 heavy (non-hydrogen) atoms. The maximum absolute atomic E-state index is 12.4. The van der Waals surface area contributed by atoms with E-state index in [4.69, 9.17) is 0 Å². The van der Waals surface area contributed by atoms with Crippen LogP contribution in [0.2, 0.25) is 0 Å². The maximum Gasteiger partial charge on any atom is 0.246 e. The third-order valence-electron chi connectivity index (χ3n) is 3.91. The number of rotatable bonds is 3. The van der Waals surface area contributed by atoms with Crippen molar-refractivity contribution < 1.29 is 9.59 Å². The lowest BCUT2D eigenvalue weighted by atomic mass is 10.1. The van der Waals surface area contributed by atoms with Gasteiger partial charge in [-0.1, -0.05) is 6.07 Å². The van der Waals surface area contributed by atoms with Crippen molar-refractivity contribution in [2.45, 2.75) is 25.4 Å². The fraction of sp³-hybridized carbons (Fsp3) is 0.500. The largest absolute Gasteiger partial charge is 0.373 e. The Morgan fingerprint density at radius 1 is 1.40 bits per heavy atom. The molecule has 2 saturated heterocycles. The van der Waals surface area contributed by atoms with Crippen LogP contribution in [0.25, 0.3) is 0 Å². The van der Waals surface area contributed by atoms with Gasteiger partial charge in [-0.2, -0.15) is 0 Å². The average Bonchev–Trinajstić information content (AvgIpc) is 2.95. The lowest BCUT2D eigenvalue weighted by Gasteiger charge is -2.36. The van der Waals surface area contributed by atoms with Crippen LogP contribution >= 0.6 is 0 Å². The number of hydrogen-bond acceptors (Lipinski definition) is 4. The first-order valence-electron chi connectivity index (χ1n) is 6.91. The predicted molar refractivity (Wildman–Crippen MR) is 73.9 cm³/mol. The first kappa shape index (κ1) is 12.9. The molecular formula is C14H18N4O2. The van der Waals surface area contributed by atoms with Gasteiger partial charge in [0.25, 0.3) is 0 Å². The van der Waals surface area contributed by atoms with Gasteiger partial charge in [0.1, 0.15) is 18.4 Å². The van der Waals surface area contributed by atoms with Crippen LogP contribution < -0.4 is 5.32 Å². The van der Waals surface area contributed by atoms with E-state index in [0.29, 0.717) is 6.54 Å². The molecule has 1 N–H and O–H groups in total. The van der Waals surface area contributed by atoms with Crippen LogP contribution in [0.4, 0.5) is 5.82 Å². The highest BCUT2D eigenvalue weighted by Gasteiger charge is 2.41. The SMILES string of the molecule is CNc1cccc(CN2CC(=O)N3CCCC3C2=O)n1. The van der Waals surface area contributed by atoms with Crippen molar-refractivity contribution in [2.24, 2.45) is 0 Å². The molecule has 0 aromatic carbocycles. The minimum atomic E-state index is -0.247. The van der Waals surface area contributed by atoms with E-state index in [0.717, 1.165) is 30.9 Å². The number of piperazine rings is 1. The van der Waals surface area contributed by atoms with Crippen molar-refractivity contribution in [1.29, 1.82) is 0 Å². The highest BCUT2D eigenvalue weighted by Crippen LogP contribution is 2.24. The summed E-state index contributed by atoms with van der Waals surface area (Å²) in [6, 6.07) is 5.39. The average molecular weight is 274 g/mol. The number of amides is 2. The van der Waals surface area contributed by atoms with Gasteiger partial charge in [0.05, 0.1) is 12.2 Å². The summed E-state index contributed by atoms with van der Waals surface area (Å²) in [5.74, 6) is 0.872. The van der Waals surface area contributed by atoms with E-state index in [1.54, 1.807) is 16.8 Å². The van der Waals surface area contributed by atoms with Gasteiger partial charge in [-0.3, -0.25) is 9.59 Å². The van der Waals surface area contributed by atoms with Gasteiger partial charge in [0.2, 0.25) is 11.8 Å².